The first-order valence-electron chi connectivity index (χ1n) is 7.93. The highest BCUT2D eigenvalue weighted by Gasteiger charge is 2.18. The second kappa shape index (κ2) is 6.96. The third kappa shape index (κ3) is 3.62. The van der Waals surface area contributed by atoms with E-state index in [1.807, 2.05) is 19.3 Å². The van der Waals surface area contributed by atoms with Crippen molar-refractivity contribution < 1.29 is 9.47 Å². The molecule has 3 rings (SSSR count). The summed E-state index contributed by atoms with van der Waals surface area (Å²) in [7, 11) is 3.37. The number of benzene rings is 1. The molecule has 0 aliphatic carbocycles. The summed E-state index contributed by atoms with van der Waals surface area (Å²) in [5, 5.41) is 0. The van der Waals surface area contributed by atoms with Gasteiger partial charge >= 0.3 is 0 Å². The van der Waals surface area contributed by atoms with Crippen LogP contribution in [0.4, 0.5) is 0 Å². The van der Waals surface area contributed by atoms with Crippen molar-refractivity contribution in [1.82, 2.24) is 14.9 Å². The van der Waals surface area contributed by atoms with Crippen LogP contribution in [-0.2, 0) is 19.4 Å². The summed E-state index contributed by atoms with van der Waals surface area (Å²) in [6.07, 6.45) is 5.76. The molecule has 0 bridgehead atoms. The highest BCUT2D eigenvalue weighted by atomic mass is 16.5. The molecule has 1 aliphatic heterocycles. The fourth-order valence-corrected chi connectivity index (χ4v) is 2.96. The Bertz CT molecular complexity index is 636. The molecule has 0 saturated heterocycles. The van der Waals surface area contributed by atoms with E-state index in [1.54, 1.807) is 14.2 Å². The van der Waals surface area contributed by atoms with Crippen molar-refractivity contribution in [2.75, 3.05) is 27.3 Å². The topological polar surface area (TPSA) is 47.5 Å². The standard InChI is InChI=1S/C18H23N3O2/c1-13-10-19-18(20-11-13)12-21-6-4-14-8-16(22-2)17(23-3)9-15(14)5-7-21/h8-11H,4-7,12H2,1-3H3. The minimum absolute atomic E-state index is 0.794. The number of hydrogen-bond acceptors (Lipinski definition) is 5. The van der Waals surface area contributed by atoms with Gasteiger partial charge < -0.3 is 9.47 Å². The van der Waals surface area contributed by atoms with Crippen LogP contribution in [0.3, 0.4) is 0 Å². The van der Waals surface area contributed by atoms with Gasteiger partial charge in [-0.15, -0.1) is 0 Å². The molecule has 5 nitrogen and oxygen atoms in total. The zero-order valence-corrected chi connectivity index (χ0v) is 14.0. The third-order valence-corrected chi connectivity index (χ3v) is 4.30. The Kier molecular flexibility index (Phi) is 4.76. The van der Waals surface area contributed by atoms with Gasteiger partial charge in [0.15, 0.2) is 11.5 Å². The van der Waals surface area contributed by atoms with Crippen LogP contribution in [0.1, 0.15) is 22.5 Å². The zero-order valence-electron chi connectivity index (χ0n) is 14.0. The molecule has 0 atom stereocenters. The third-order valence-electron chi connectivity index (χ3n) is 4.30. The van der Waals surface area contributed by atoms with Gasteiger partial charge in [-0.2, -0.15) is 0 Å². The van der Waals surface area contributed by atoms with Gasteiger partial charge in [0.1, 0.15) is 5.82 Å². The van der Waals surface area contributed by atoms with Crippen LogP contribution in [0.15, 0.2) is 24.5 Å². The molecule has 0 fully saturated rings. The van der Waals surface area contributed by atoms with E-state index >= 15 is 0 Å². The molecule has 122 valence electrons. The van der Waals surface area contributed by atoms with Gasteiger partial charge in [-0.25, -0.2) is 9.97 Å². The van der Waals surface area contributed by atoms with E-state index in [4.69, 9.17) is 9.47 Å². The Balaban J connectivity index is 1.73. The first-order valence-corrected chi connectivity index (χ1v) is 7.93. The lowest BCUT2D eigenvalue weighted by Crippen LogP contribution is -2.26. The van der Waals surface area contributed by atoms with Crippen molar-refractivity contribution in [3.8, 4) is 11.5 Å². The summed E-state index contributed by atoms with van der Waals surface area (Å²) in [6, 6.07) is 4.22. The highest BCUT2D eigenvalue weighted by Crippen LogP contribution is 2.32. The first kappa shape index (κ1) is 15.7. The van der Waals surface area contributed by atoms with Crippen molar-refractivity contribution in [3.63, 3.8) is 0 Å². The van der Waals surface area contributed by atoms with E-state index in [1.165, 1.54) is 11.1 Å². The van der Waals surface area contributed by atoms with E-state index in [-0.39, 0.29) is 0 Å². The van der Waals surface area contributed by atoms with E-state index in [9.17, 15) is 0 Å². The largest absolute Gasteiger partial charge is 0.493 e. The number of rotatable bonds is 4. The minimum atomic E-state index is 0.794. The smallest absolute Gasteiger partial charge is 0.161 e. The Hall–Kier alpha value is -2.14. The second-order valence-electron chi connectivity index (χ2n) is 5.93. The Labute approximate surface area is 137 Å². The highest BCUT2D eigenvalue weighted by molar-refractivity contribution is 5.48. The van der Waals surface area contributed by atoms with Gasteiger partial charge in [0.05, 0.1) is 20.8 Å². The second-order valence-corrected chi connectivity index (χ2v) is 5.93. The van der Waals surface area contributed by atoms with Crippen molar-refractivity contribution in [1.29, 1.82) is 0 Å². The Morgan fingerprint density at radius 1 is 0.957 bits per heavy atom. The number of ether oxygens (including phenoxy) is 2. The normalized spacial score (nSPS) is 14.9. The number of aryl methyl sites for hydroxylation is 1. The minimum Gasteiger partial charge on any atom is -0.493 e. The van der Waals surface area contributed by atoms with Gasteiger partial charge in [0.25, 0.3) is 0 Å². The van der Waals surface area contributed by atoms with Crippen LogP contribution >= 0.6 is 0 Å². The maximum absolute atomic E-state index is 5.42. The van der Waals surface area contributed by atoms with E-state index in [0.717, 1.165) is 55.4 Å². The molecule has 1 aromatic heterocycles. The summed E-state index contributed by atoms with van der Waals surface area (Å²) >= 11 is 0. The van der Waals surface area contributed by atoms with E-state index < -0.39 is 0 Å². The predicted octanol–water partition coefficient (Wildman–Crippen LogP) is 2.40. The average Bonchev–Trinajstić information content (AvgIpc) is 2.77. The number of nitrogens with zero attached hydrogens (tertiary/aromatic N) is 3. The Morgan fingerprint density at radius 3 is 1.96 bits per heavy atom. The molecule has 23 heavy (non-hydrogen) atoms. The quantitative estimate of drug-likeness (QED) is 0.867. The van der Waals surface area contributed by atoms with Crippen molar-refractivity contribution in [2.24, 2.45) is 0 Å². The van der Waals surface area contributed by atoms with Crippen LogP contribution in [-0.4, -0.2) is 42.2 Å². The number of hydrogen-bond donors (Lipinski definition) is 0. The summed E-state index contributed by atoms with van der Waals surface area (Å²) in [6.45, 7) is 4.80. The van der Waals surface area contributed by atoms with Gasteiger partial charge in [0.2, 0.25) is 0 Å². The molecular weight excluding hydrogens is 290 g/mol. The fraction of sp³-hybridized carbons (Fsp3) is 0.444. The molecule has 0 amide bonds. The summed E-state index contributed by atoms with van der Waals surface area (Å²) < 4.78 is 10.8. The summed E-state index contributed by atoms with van der Waals surface area (Å²) in [5.74, 6) is 2.50. The molecule has 2 aromatic rings. The monoisotopic (exact) mass is 313 g/mol. The maximum Gasteiger partial charge on any atom is 0.161 e. The van der Waals surface area contributed by atoms with Gasteiger partial charge in [-0.3, -0.25) is 4.90 Å². The maximum atomic E-state index is 5.42. The summed E-state index contributed by atoms with van der Waals surface area (Å²) in [4.78, 5) is 11.2. The molecule has 1 aliphatic rings. The predicted molar refractivity (Wildman–Crippen MR) is 89.0 cm³/mol. The first-order chi connectivity index (χ1) is 11.2. The molecule has 0 spiro atoms. The molecular formula is C18H23N3O2. The van der Waals surface area contributed by atoms with Crippen molar-refractivity contribution in [2.45, 2.75) is 26.3 Å². The van der Waals surface area contributed by atoms with Crippen LogP contribution < -0.4 is 9.47 Å². The van der Waals surface area contributed by atoms with Crippen LogP contribution in [0.25, 0.3) is 0 Å². The molecule has 2 heterocycles. The number of methoxy groups -OCH3 is 2. The van der Waals surface area contributed by atoms with E-state index in [2.05, 4.69) is 27.0 Å². The lowest BCUT2D eigenvalue weighted by atomic mass is 10.0. The van der Waals surface area contributed by atoms with E-state index in [0.29, 0.717) is 0 Å². The Morgan fingerprint density at radius 2 is 1.48 bits per heavy atom. The SMILES string of the molecule is COc1cc2c(cc1OC)CCN(Cc1ncc(C)cn1)CC2. The van der Waals surface area contributed by atoms with Crippen molar-refractivity contribution in [3.05, 3.63) is 47.0 Å². The molecule has 0 N–H and O–H groups in total. The molecule has 5 heteroatoms. The summed E-state index contributed by atoms with van der Waals surface area (Å²) in [5.41, 5.74) is 3.78. The number of aromatic nitrogens is 2. The molecule has 1 aromatic carbocycles. The molecule has 0 radical (unpaired) electrons. The molecule has 0 unspecified atom stereocenters. The van der Waals surface area contributed by atoms with Crippen LogP contribution in [0.2, 0.25) is 0 Å². The fourth-order valence-electron chi connectivity index (χ4n) is 2.96. The average molecular weight is 313 g/mol. The van der Waals surface area contributed by atoms with Crippen molar-refractivity contribution >= 4 is 0 Å². The van der Waals surface area contributed by atoms with Gasteiger partial charge in [-0.1, -0.05) is 0 Å². The van der Waals surface area contributed by atoms with Gasteiger partial charge in [-0.05, 0) is 48.6 Å². The zero-order chi connectivity index (χ0) is 16.2. The lowest BCUT2D eigenvalue weighted by Gasteiger charge is -2.18. The van der Waals surface area contributed by atoms with Crippen LogP contribution in [0.5, 0.6) is 11.5 Å². The number of fused-ring (bicyclic) bond motifs is 1. The lowest BCUT2D eigenvalue weighted by molar-refractivity contribution is 0.272. The molecule has 0 saturated carbocycles. The van der Waals surface area contributed by atoms with Gasteiger partial charge in [0, 0.05) is 25.5 Å². The van der Waals surface area contributed by atoms with Crippen LogP contribution in [0, 0.1) is 6.92 Å².